The number of hydrogen-bond acceptors (Lipinski definition) is 3. The first-order valence-electron chi connectivity index (χ1n) is 7.73. The summed E-state index contributed by atoms with van der Waals surface area (Å²) in [6.07, 6.45) is 5.72. The van der Waals surface area contributed by atoms with Crippen molar-refractivity contribution in [1.82, 2.24) is 10.2 Å². The molecule has 4 heteroatoms. The Kier molecular flexibility index (Phi) is 4.13. The lowest BCUT2D eigenvalue weighted by Crippen LogP contribution is -2.43. The van der Waals surface area contributed by atoms with E-state index in [1.807, 2.05) is 0 Å². The van der Waals surface area contributed by atoms with E-state index in [-0.39, 0.29) is 5.91 Å². The molecule has 0 aromatic carbocycles. The second kappa shape index (κ2) is 5.86. The molecule has 3 rings (SSSR count). The summed E-state index contributed by atoms with van der Waals surface area (Å²) in [5.41, 5.74) is 1.42. The van der Waals surface area contributed by atoms with Crippen LogP contribution in [0.25, 0.3) is 0 Å². The SMILES string of the molecule is CC1CCc2sc(C(=O)NC3CCN(C)CC3)cc2C1. The number of nitrogens with one attached hydrogen (secondary N) is 1. The normalized spacial score (nSPS) is 24.4. The molecule has 110 valence electrons. The van der Waals surface area contributed by atoms with Gasteiger partial charge in [-0.2, -0.15) is 0 Å². The average molecular weight is 292 g/mol. The van der Waals surface area contributed by atoms with Crippen molar-refractivity contribution < 1.29 is 4.79 Å². The Morgan fingerprint density at radius 1 is 1.35 bits per heavy atom. The third-order valence-corrected chi connectivity index (χ3v) is 5.84. The van der Waals surface area contributed by atoms with E-state index in [0.717, 1.165) is 49.6 Å². The van der Waals surface area contributed by atoms with Gasteiger partial charge in [0.2, 0.25) is 0 Å². The zero-order valence-corrected chi connectivity index (χ0v) is 13.3. The standard InChI is InChI=1S/C16H24N2OS/c1-11-3-4-14-12(9-11)10-15(20-14)16(19)17-13-5-7-18(2)8-6-13/h10-11,13H,3-9H2,1-2H3,(H,17,19). The van der Waals surface area contributed by atoms with Gasteiger partial charge in [-0.3, -0.25) is 4.79 Å². The van der Waals surface area contributed by atoms with Crippen LogP contribution in [0.2, 0.25) is 0 Å². The molecule has 1 fully saturated rings. The van der Waals surface area contributed by atoms with Crippen LogP contribution in [0.4, 0.5) is 0 Å². The van der Waals surface area contributed by atoms with E-state index in [2.05, 4.69) is 30.3 Å². The van der Waals surface area contributed by atoms with Crippen LogP contribution in [-0.4, -0.2) is 37.0 Å². The first kappa shape index (κ1) is 14.1. The van der Waals surface area contributed by atoms with E-state index in [0.29, 0.717) is 6.04 Å². The number of carbonyl (C=O) groups excluding carboxylic acids is 1. The van der Waals surface area contributed by atoms with E-state index >= 15 is 0 Å². The van der Waals surface area contributed by atoms with Gasteiger partial charge >= 0.3 is 0 Å². The van der Waals surface area contributed by atoms with Crippen LogP contribution in [0, 0.1) is 5.92 Å². The van der Waals surface area contributed by atoms with E-state index in [1.54, 1.807) is 11.3 Å². The Bertz CT molecular complexity index is 489. The molecule has 2 aliphatic rings. The number of nitrogens with zero attached hydrogens (tertiary/aromatic N) is 1. The van der Waals surface area contributed by atoms with Crippen molar-refractivity contribution in [3.63, 3.8) is 0 Å². The summed E-state index contributed by atoms with van der Waals surface area (Å²) in [6, 6.07) is 2.50. The van der Waals surface area contributed by atoms with Gasteiger partial charge in [-0.1, -0.05) is 6.92 Å². The molecule has 0 radical (unpaired) electrons. The fourth-order valence-electron chi connectivity index (χ4n) is 3.23. The maximum absolute atomic E-state index is 12.4. The molecule has 1 atom stereocenters. The summed E-state index contributed by atoms with van der Waals surface area (Å²) < 4.78 is 0. The van der Waals surface area contributed by atoms with Gasteiger partial charge in [-0.15, -0.1) is 11.3 Å². The van der Waals surface area contributed by atoms with Crippen molar-refractivity contribution in [2.24, 2.45) is 5.92 Å². The van der Waals surface area contributed by atoms with Gasteiger partial charge < -0.3 is 10.2 Å². The topological polar surface area (TPSA) is 32.3 Å². The molecule has 1 N–H and O–H groups in total. The smallest absolute Gasteiger partial charge is 0.261 e. The molecule has 0 bridgehead atoms. The zero-order chi connectivity index (χ0) is 14.1. The number of likely N-dealkylation sites (tertiary alicyclic amines) is 1. The first-order valence-corrected chi connectivity index (χ1v) is 8.54. The Morgan fingerprint density at radius 2 is 2.10 bits per heavy atom. The van der Waals surface area contributed by atoms with Crippen LogP contribution in [0.1, 0.15) is 46.3 Å². The summed E-state index contributed by atoms with van der Waals surface area (Å²) >= 11 is 1.71. The highest BCUT2D eigenvalue weighted by Crippen LogP contribution is 2.32. The maximum atomic E-state index is 12.4. The second-order valence-corrected chi connectivity index (χ2v) is 7.59. The van der Waals surface area contributed by atoms with Gasteiger partial charge in [0.15, 0.2) is 0 Å². The molecule has 1 aromatic heterocycles. The van der Waals surface area contributed by atoms with Gasteiger partial charge in [0.05, 0.1) is 4.88 Å². The third kappa shape index (κ3) is 3.07. The second-order valence-electron chi connectivity index (χ2n) is 6.46. The fourth-order valence-corrected chi connectivity index (χ4v) is 4.34. The van der Waals surface area contributed by atoms with Crippen LogP contribution >= 0.6 is 11.3 Å². The minimum Gasteiger partial charge on any atom is -0.349 e. The molecule has 1 saturated heterocycles. The summed E-state index contributed by atoms with van der Waals surface area (Å²) in [5, 5.41) is 3.22. The average Bonchev–Trinajstić information content (AvgIpc) is 2.84. The van der Waals surface area contributed by atoms with Crippen LogP contribution in [0.5, 0.6) is 0 Å². The lowest BCUT2D eigenvalue weighted by molar-refractivity contribution is 0.0921. The fraction of sp³-hybridized carbons (Fsp3) is 0.688. The van der Waals surface area contributed by atoms with Crippen molar-refractivity contribution in [2.75, 3.05) is 20.1 Å². The number of piperidine rings is 1. The van der Waals surface area contributed by atoms with Crippen molar-refractivity contribution in [1.29, 1.82) is 0 Å². The van der Waals surface area contributed by atoms with Crippen LogP contribution in [0.15, 0.2) is 6.07 Å². The molecule has 1 aliphatic carbocycles. The Labute approximate surface area is 125 Å². The largest absolute Gasteiger partial charge is 0.349 e. The molecule has 3 nitrogen and oxygen atoms in total. The summed E-state index contributed by atoms with van der Waals surface area (Å²) in [6.45, 7) is 4.48. The summed E-state index contributed by atoms with van der Waals surface area (Å²) in [5.74, 6) is 0.911. The highest BCUT2D eigenvalue weighted by atomic mass is 32.1. The van der Waals surface area contributed by atoms with Crippen LogP contribution in [0.3, 0.4) is 0 Å². The number of thiophene rings is 1. The number of fused-ring (bicyclic) bond motifs is 1. The predicted molar refractivity (Wildman–Crippen MR) is 83.5 cm³/mol. The Morgan fingerprint density at radius 3 is 2.85 bits per heavy atom. The molecule has 1 amide bonds. The molecule has 1 aromatic rings. The lowest BCUT2D eigenvalue weighted by atomic mass is 9.90. The quantitative estimate of drug-likeness (QED) is 0.909. The highest BCUT2D eigenvalue weighted by molar-refractivity contribution is 7.14. The van der Waals surface area contributed by atoms with Crippen LogP contribution in [-0.2, 0) is 12.8 Å². The van der Waals surface area contributed by atoms with Crippen LogP contribution < -0.4 is 5.32 Å². The molecule has 2 heterocycles. The number of aryl methyl sites for hydroxylation is 1. The Balaban J connectivity index is 1.63. The van der Waals surface area contributed by atoms with Gasteiger partial charge in [0, 0.05) is 10.9 Å². The van der Waals surface area contributed by atoms with Gasteiger partial charge in [0.25, 0.3) is 5.91 Å². The number of hydrogen-bond donors (Lipinski definition) is 1. The van der Waals surface area contributed by atoms with Crippen molar-refractivity contribution in [3.05, 3.63) is 21.4 Å². The number of carbonyl (C=O) groups is 1. The molecular formula is C16H24N2OS. The molecule has 0 saturated carbocycles. The summed E-state index contributed by atoms with van der Waals surface area (Å²) in [7, 11) is 2.15. The molecule has 0 spiro atoms. The number of amides is 1. The Hall–Kier alpha value is -0.870. The lowest BCUT2D eigenvalue weighted by Gasteiger charge is -2.29. The van der Waals surface area contributed by atoms with E-state index in [4.69, 9.17) is 0 Å². The summed E-state index contributed by atoms with van der Waals surface area (Å²) in [4.78, 5) is 17.1. The third-order valence-electron chi connectivity index (χ3n) is 4.61. The minimum absolute atomic E-state index is 0.145. The molecule has 1 unspecified atom stereocenters. The monoisotopic (exact) mass is 292 g/mol. The number of rotatable bonds is 2. The maximum Gasteiger partial charge on any atom is 0.261 e. The predicted octanol–water partition coefficient (Wildman–Crippen LogP) is 2.70. The van der Waals surface area contributed by atoms with Gasteiger partial charge in [-0.25, -0.2) is 0 Å². The molecule has 1 aliphatic heterocycles. The van der Waals surface area contributed by atoms with Gasteiger partial charge in [-0.05, 0) is 69.8 Å². The van der Waals surface area contributed by atoms with Gasteiger partial charge in [0.1, 0.15) is 0 Å². The van der Waals surface area contributed by atoms with E-state index < -0.39 is 0 Å². The molecular weight excluding hydrogens is 268 g/mol. The van der Waals surface area contributed by atoms with Crippen molar-refractivity contribution in [3.8, 4) is 0 Å². The zero-order valence-electron chi connectivity index (χ0n) is 12.4. The van der Waals surface area contributed by atoms with E-state index in [9.17, 15) is 4.79 Å². The highest BCUT2D eigenvalue weighted by Gasteiger charge is 2.23. The first-order chi connectivity index (χ1) is 9.61. The van der Waals surface area contributed by atoms with E-state index in [1.165, 1.54) is 16.9 Å². The minimum atomic E-state index is 0.145. The van der Waals surface area contributed by atoms with Crippen molar-refractivity contribution >= 4 is 17.2 Å². The molecule has 20 heavy (non-hydrogen) atoms. The van der Waals surface area contributed by atoms with Crippen molar-refractivity contribution in [2.45, 2.75) is 45.1 Å².